The summed E-state index contributed by atoms with van der Waals surface area (Å²) in [5.74, 6) is 1.22. The second-order valence-corrected chi connectivity index (χ2v) is 9.33. The summed E-state index contributed by atoms with van der Waals surface area (Å²) in [4.78, 5) is 20.5. The molecule has 2 aromatic carbocycles. The lowest BCUT2D eigenvalue weighted by Gasteiger charge is -2.40. The molecule has 1 aromatic heterocycles. The average molecular weight is 461 g/mol. The Morgan fingerprint density at radius 2 is 1.91 bits per heavy atom. The van der Waals surface area contributed by atoms with Crippen molar-refractivity contribution >= 4 is 16.7 Å². The van der Waals surface area contributed by atoms with Gasteiger partial charge >= 0.3 is 0 Å². The van der Waals surface area contributed by atoms with Gasteiger partial charge in [0.05, 0.1) is 25.7 Å². The summed E-state index contributed by atoms with van der Waals surface area (Å²) >= 11 is 0. The van der Waals surface area contributed by atoms with E-state index in [1.54, 1.807) is 7.11 Å². The predicted octanol–water partition coefficient (Wildman–Crippen LogP) is 4.01. The molecule has 178 valence electrons. The second-order valence-electron chi connectivity index (χ2n) is 9.33. The summed E-state index contributed by atoms with van der Waals surface area (Å²) < 4.78 is 17.0. The van der Waals surface area contributed by atoms with E-state index in [9.17, 15) is 4.79 Å². The molecule has 1 atom stereocenters. The summed E-state index contributed by atoms with van der Waals surface area (Å²) in [7, 11) is 1.66. The van der Waals surface area contributed by atoms with Crippen LogP contribution in [0.25, 0.3) is 10.8 Å². The normalized spacial score (nSPS) is 20.6. The lowest BCUT2D eigenvalue weighted by atomic mass is 9.72. The van der Waals surface area contributed by atoms with Gasteiger partial charge in [-0.15, -0.1) is 0 Å². The highest BCUT2D eigenvalue weighted by molar-refractivity contribution is 5.89. The van der Waals surface area contributed by atoms with Crippen LogP contribution in [0.15, 0.2) is 60.9 Å². The van der Waals surface area contributed by atoms with Crippen molar-refractivity contribution in [2.24, 2.45) is 5.92 Å². The van der Waals surface area contributed by atoms with Gasteiger partial charge in [0, 0.05) is 50.0 Å². The summed E-state index contributed by atoms with van der Waals surface area (Å²) in [5, 5.41) is 2.36. The number of carbonyl (C=O) groups excluding carboxylic acids is 1. The van der Waals surface area contributed by atoms with Crippen LogP contribution in [0.4, 0.5) is 0 Å². The summed E-state index contributed by atoms with van der Waals surface area (Å²) in [6, 6.07) is 16.4. The van der Waals surface area contributed by atoms with Crippen molar-refractivity contribution < 1.29 is 19.0 Å². The zero-order valence-electron chi connectivity index (χ0n) is 19.7. The lowest BCUT2D eigenvalue weighted by molar-refractivity contribution is -0.141. The van der Waals surface area contributed by atoms with Gasteiger partial charge in [-0.1, -0.05) is 30.3 Å². The molecule has 1 amide bonds. The van der Waals surface area contributed by atoms with E-state index in [4.69, 9.17) is 14.2 Å². The Bertz CT molecular complexity index is 1120. The summed E-state index contributed by atoms with van der Waals surface area (Å²) in [6.07, 6.45) is 6.00. The Hall–Kier alpha value is -2.96. The van der Waals surface area contributed by atoms with Crippen LogP contribution in [0.5, 0.6) is 5.75 Å². The van der Waals surface area contributed by atoms with Gasteiger partial charge in [-0.3, -0.25) is 9.78 Å². The topological polar surface area (TPSA) is 60.9 Å². The van der Waals surface area contributed by atoms with Crippen LogP contribution >= 0.6 is 0 Å². The highest BCUT2D eigenvalue weighted by Gasteiger charge is 2.44. The molecule has 0 radical (unpaired) electrons. The zero-order chi connectivity index (χ0) is 23.4. The molecule has 5 rings (SSSR count). The van der Waals surface area contributed by atoms with Crippen molar-refractivity contribution in [2.45, 2.75) is 24.7 Å². The first-order valence-electron chi connectivity index (χ1n) is 12.1. The molecule has 0 aliphatic carbocycles. The number of fused-ring (bicyclic) bond motifs is 1. The van der Waals surface area contributed by atoms with Gasteiger partial charge in [-0.2, -0.15) is 0 Å². The van der Waals surface area contributed by atoms with Gasteiger partial charge in [0.15, 0.2) is 0 Å². The van der Waals surface area contributed by atoms with Crippen molar-refractivity contribution in [3.05, 3.63) is 72.1 Å². The van der Waals surface area contributed by atoms with E-state index in [1.807, 2.05) is 47.6 Å². The van der Waals surface area contributed by atoms with Crippen LogP contribution in [0.1, 0.15) is 24.0 Å². The maximum Gasteiger partial charge on any atom is 0.233 e. The third kappa shape index (κ3) is 4.52. The number of pyridine rings is 1. The van der Waals surface area contributed by atoms with E-state index in [2.05, 4.69) is 23.2 Å². The molecule has 0 saturated carbocycles. The number of benzene rings is 2. The molecule has 3 aromatic rings. The minimum absolute atomic E-state index is 0.191. The fourth-order valence-electron chi connectivity index (χ4n) is 5.41. The number of rotatable bonds is 5. The highest BCUT2D eigenvalue weighted by Crippen LogP contribution is 2.38. The van der Waals surface area contributed by atoms with E-state index >= 15 is 0 Å². The van der Waals surface area contributed by atoms with E-state index in [0.717, 1.165) is 17.7 Å². The highest BCUT2D eigenvalue weighted by atomic mass is 16.5. The molecule has 2 saturated heterocycles. The van der Waals surface area contributed by atoms with E-state index in [0.29, 0.717) is 52.4 Å². The number of hydrogen-bond donors (Lipinski definition) is 0. The Morgan fingerprint density at radius 3 is 2.71 bits per heavy atom. The Balaban J connectivity index is 1.40. The van der Waals surface area contributed by atoms with Crippen molar-refractivity contribution in [3.8, 4) is 5.75 Å². The Kier molecular flexibility index (Phi) is 6.79. The van der Waals surface area contributed by atoms with Crippen molar-refractivity contribution in [1.82, 2.24) is 9.88 Å². The molecule has 1 unspecified atom stereocenters. The fourth-order valence-corrected chi connectivity index (χ4v) is 5.41. The largest absolute Gasteiger partial charge is 0.497 e. The van der Waals surface area contributed by atoms with Gasteiger partial charge in [0.2, 0.25) is 5.91 Å². The van der Waals surface area contributed by atoms with Gasteiger partial charge in [-0.05, 0) is 54.0 Å². The first-order valence-corrected chi connectivity index (χ1v) is 12.1. The summed E-state index contributed by atoms with van der Waals surface area (Å²) in [6.45, 7) is 3.70. The molecule has 6 heteroatoms. The van der Waals surface area contributed by atoms with Gasteiger partial charge in [0.25, 0.3) is 0 Å². The van der Waals surface area contributed by atoms with Gasteiger partial charge in [0.1, 0.15) is 5.75 Å². The van der Waals surface area contributed by atoms with Crippen LogP contribution in [-0.2, 0) is 26.1 Å². The minimum atomic E-state index is -0.567. The maximum absolute atomic E-state index is 14.2. The number of ether oxygens (including phenoxy) is 3. The summed E-state index contributed by atoms with van der Waals surface area (Å²) in [5.41, 5.74) is 1.73. The molecule has 6 nitrogen and oxygen atoms in total. The standard InChI is InChI=1S/C28H32N2O4/c1-32-25-7-5-24(6-8-25)28(10-14-33-15-11-28)27(31)30-13-16-34-20-21(19-30)17-23-4-2-3-22-9-12-29-18-26(22)23/h2-9,12,18,21H,10-11,13-17,19-20H2,1H3. The molecular weight excluding hydrogens is 428 g/mol. The quantitative estimate of drug-likeness (QED) is 0.576. The first-order chi connectivity index (χ1) is 16.7. The van der Waals surface area contributed by atoms with Crippen molar-refractivity contribution in [3.63, 3.8) is 0 Å². The average Bonchev–Trinajstić information content (AvgIpc) is 3.14. The van der Waals surface area contributed by atoms with Crippen LogP contribution in [0.2, 0.25) is 0 Å². The monoisotopic (exact) mass is 460 g/mol. The first kappa shape index (κ1) is 22.8. The molecule has 0 bridgehead atoms. The number of amides is 1. The third-order valence-electron chi connectivity index (χ3n) is 7.31. The minimum Gasteiger partial charge on any atom is -0.497 e. The number of aromatic nitrogens is 1. The van der Waals surface area contributed by atoms with Crippen LogP contribution < -0.4 is 4.74 Å². The molecule has 2 aliphatic rings. The molecule has 2 aliphatic heterocycles. The number of carbonyl (C=O) groups is 1. The van der Waals surface area contributed by atoms with Crippen molar-refractivity contribution in [2.75, 3.05) is 46.6 Å². The van der Waals surface area contributed by atoms with E-state index < -0.39 is 5.41 Å². The molecule has 0 N–H and O–H groups in total. The van der Waals surface area contributed by atoms with Crippen LogP contribution in [-0.4, -0.2) is 62.4 Å². The zero-order valence-corrected chi connectivity index (χ0v) is 19.7. The van der Waals surface area contributed by atoms with E-state index in [1.165, 1.54) is 16.3 Å². The lowest BCUT2D eigenvalue weighted by Crippen LogP contribution is -2.51. The fraction of sp³-hybridized carbons (Fsp3) is 0.429. The van der Waals surface area contributed by atoms with Crippen LogP contribution in [0, 0.1) is 5.92 Å². The molecule has 0 spiro atoms. The number of hydrogen-bond acceptors (Lipinski definition) is 5. The van der Waals surface area contributed by atoms with Gasteiger partial charge < -0.3 is 19.1 Å². The molecule has 2 fully saturated rings. The van der Waals surface area contributed by atoms with Gasteiger partial charge in [-0.25, -0.2) is 0 Å². The molecule has 3 heterocycles. The molecule has 34 heavy (non-hydrogen) atoms. The smallest absolute Gasteiger partial charge is 0.233 e. The Morgan fingerprint density at radius 1 is 1.09 bits per heavy atom. The Labute approximate surface area is 200 Å². The number of methoxy groups -OCH3 is 1. The predicted molar refractivity (Wildman–Crippen MR) is 131 cm³/mol. The SMILES string of the molecule is COc1ccc(C2(C(=O)N3CCOCC(Cc4cccc5ccncc45)C3)CCOCC2)cc1. The maximum atomic E-state index is 14.2. The van der Waals surface area contributed by atoms with E-state index in [-0.39, 0.29) is 11.8 Å². The van der Waals surface area contributed by atoms with Crippen LogP contribution in [0.3, 0.4) is 0 Å². The molecular formula is C28H32N2O4. The second kappa shape index (κ2) is 10.1. The third-order valence-corrected chi connectivity index (χ3v) is 7.31. The number of nitrogens with zero attached hydrogens (tertiary/aromatic N) is 2. The van der Waals surface area contributed by atoms with Crippen molar-refractivity contribution in [1.29, 1.82) is 0 Å².